The van der Waals surface area contributed by atoms with Crippen LogP contribution in [0.25, 0.3) is 5.69 Å². The van der Waals surface area contributed by atoms with Gasteiger partial charge in [-0.05, 0) is 26.1 Å². The fraction of sp³-hybridized carbons (Fsp3) is 0.429. The van der Waals surface area contributed by atoms with E-state index in [1.54, 1.807) is 6.20 Å². The number of hydrogen-bond donors (Lipinski definition) is 0. The van der Waals surface area contributed by atoms with E-state index in [1.165, 1.54) is 5.82 Å². The van der Waals surface area contributed by atoms with Gasteiger partial charge in [0.25, 0.3) is 0 Å². The summed E-state index contributed by atoms with van der Waals surface area (Å²) in [4.78, 5) is 8.93. The number of rotatable bonds is 2. The van der Waals surface area contributed by atoms with Gasteiger partial charge in [-0.25, -0.2) is 4.68 Å². The first-order chi connectivity index (χ1) is 9.24. The maximum Gasteiger partial charge on any atom is 0.132 e. The summed E-state index contributed by atoms with van der Waals surface area (Å²) in [6.45, 7) is 6.31. The molecule has 0 N–H and O–H groups in total. The molecule has 1 aliphatic heterocycles. The second-order valence-corrected chi connectivity index (χ2v) is 5.06. The maximum atomic E-state index is 4.60. The normalized spacial score (nSPS) is 16.8. The molecule has 0 unspecified atom stereocenters. The molecule has 100 valence electrons. The summed E-state index contributed by atoms with van der Waals surface area (Å²) in [5.41, 5.74) is 2.06. The molecule has 3 heterocycles. The predicted octanol–water partition coefficient (Wildman–Crippen LogP) is 1.33. The predicted molar refractivity (Wildman–Crippen MR) is 75.8 cm³/mol. The number of hydrogen-bond acceptors (Lipinski definition) is 4. The van der Waals surface area contributed by atoms with Crippen LogP contribution in [0.2, 0.25) is 0 Å². The summed E-state index contributed by atoms with van der Waals surface area (Å²) >= 11 is 0. The lowest BCUT2D eigenvalue weighted by Gasteiger charge is -2.33. The average Bonchev–Trinajstić information content (AvgIpc) is 2.83. The Morgan fingerprint density at radius 1 is 1.16 bits per heavy atom. The van der Waals surface area contributed by atoms with Crippen molar-refractivity contribution in [1.82, 2.24) is 19.7 Å². The van der Waals surface area contributed by atoms with Crippen molar-refractivity contribution >= 4 is 5.82 Å². The third kappa shape index (κ3) is 2.46. The van der Waals surface area contributed by atoms with Gasteiger partial charge >= 0.3 is 0 Å². The zero-order valence-electron chi connectivity index (χ0n) is 11.5. The third-order valence-electron chi connectivity index (χ3n) is 3.53. The first-order valence-electron chi connectivity index (χ1n) is 6.64. The fourth-order valence-electron chi connectivity index (χ4n) is 2.42. The minimum absolute atomic E-state index is 1.02. The van der Waals surface area contributed by atoms with Crippen LogP contribution in [0.5, 0.6) is 0 Å². The van der Waals surface area contributed by atoms with Crippen LogP contribution >= 0.6 is 0 Å². The van der Waals surface area contributed by atoms with Gasteiger partial charge in [-0.15, -0.1) is 0 Å². The van der Waals surface area contributed by atoms with Crippen LogP contribution in [0, 0.1) is 6.92 Å². The Labute approximate surface area is 113 Å². The molecular formula is C14H19N5. The Hall–Kier alpha value is -1.88. The van der Waals surface area contributed by atoms with Gasteiger partial charge < -0.3 is 9.80 Å². The quantitative estimate of drug-likeness (QED) is 0.813. The van der Waals surface area contributed by atoms with Crippen molar-refractivity contribution < 1.29 is 0 Å². The molecule has 0 aliphatic carbocycles. The first-order valence-corrected chi connectivity index (χ1v) is 6.64. The van der Waals surface area contributed by atoms with E-state index in [0.29, 0.717) is 0 Å². The highest BCUT2D eigenvalue weighted by atomic mass is 15.4. The number of aryl methyl sites for hydroxylation is 1. The van der Waals surface area contributed by atoms with Gasteiger partial charge in [0, 0.05) is 38.4 Å². The van der Waals surface area contributed by atoms with Crippen LogP contribution in [0.1, 0.15) is 5.69 Å². The second-order valence-electron chi connectivity index (χ2n) is 5.06. The van der Waals surface area contributed by atoms with E-state index in [9.17, 15) is 0 Å². The van der Waals surface area contributed by atoms with Gasteiger partial charge in [-0.3, -0.25) is 4.98 Å². The van der Waals surface area contributed by atoms with Gasteiger partial charge in [-0.1, -0.05) is 0 Å². The zero-order valence-corrected chi connectivity index (χ0v) is 11.5. The molecule has 5 heteroatoms. The van der Waals surface area contributed by atoms with E-state index in [4.69, 9.17) is 0 Å². The van der Waals surface area contributed by atoms with E-state index in [1.807, 2.05) is 29.9 Å². The highest BCUT2D eigenvalue weighted by molar-refractivity contribution is 5.48. The van der Waals surface area contributed by atoms with Crippen LogP contribution < -0.4 is 4.90 Å². The SMILES string of the molecule is Cc1cc(N2CCN(C)CC2)n(-c2cccnc2)n1. The van der Waals surface area contributed by atoms with Crippen molar-refractivity contribution in [2.75, 3.05) is 38.1 Å². The van der Waals surface area contributed by atoms with Crippen molar-refractivity contribution in [3.63, 3.8) is 0 Å². The van der Waals surface area contributed by atoms with Crippen LogP contribution in [0.3, 0.4) is 0 Å². The smallest absolute Gasteiger partial charge is 0.132 e. The summed E-state index contributed by atoms with van der Waals surface area (Å²) in [5, 5.41) is 4.60. The summed E-state index contributed by atoms with van der Waals surface area (Å²) in [6.07, 6.45) is 3.64. The molecule has 1 aliphatic rings. The molecule has 0 atom stereocenters. The summed E-state index contributed by atoms with van der Waals surface area (Å²) in [5.74, 6) is 1.17. The number of nitrogens with zero attached hydrogens (tertiary/aromatic N) is 5. The van der Waals surface area contributed by atoms with Crippen molar-refractivity contribution in [3.05, 3.63) is 36.3 Å². The lowest BCUT2D eigenvalue weighted by molar-refractivity contribution is 0.311. The van der Waals surface area contributed by atoms with Crippen LogP contribution in [0.15, 0.2) is 30.6 Å². The highest BCUT2D eigenvalue weighted by Crippen LogP contribution is 2.21. The molecule has 2 aromatic rings. The molecule has 0 radical (unpaired) electrons. The Morgan fingerprint density at radius 2 is 1.95 bits per heavy atom. The Kier molecular flexibility index (Phi) is 3.21. The molecule has 3 rings (SSSR count). The molecule has 2 aromatic heterocycles. The van der Waals surface area contributed by atoms with Crippen LogP contribution in [0.4, 0.5) is 5.82 Å². The fourth-order valence-corrected chi connectivity index (χ4v) is 2.42. The lowest BCUT2D eigenvalue weighted by Crippen LogP contribution is -2.45. The molecule has 1 fully saturated rings. The molecule has 19 heavy (non-hydrogen) atoms. The third-order valence-corrected chi connectivity index (χ3v) is 3.53. The molecule has 1 saturated heterocycles. The molecule has 0 amide bonds. The number of aromatic nitrogens is 3. The van der Waals surface area contributed by atoms with Gasteiger partial charge in [0.2, 0.25) is 0 Å². The lowest BCUT2D eigenvalue weighted by atomic mass is 10.3. The minimum atomic E-state index is 1.02. The monoisotopic (exact) mass is 257 g/mol. The topological polar surface area (TPSA) is 37.2 Å². The molecule has 0 spiro atoms. The van der Waals surface area contributed by atoms with E-state index in [-0.39, 0.29) is 0 Å². The van der Waals surface area contributed by atoms with Crippen molar-refractivity contribution in [2.24, 2.45) is 0 Å². The van der Waals surface area contributed by atoms with Crippen molar-refractivity contribution in [3.8, 4) is 5.69 Å². The van der Waals surface area contributed by atoms with E-state index < -0.39 is 0 Å². The Balaban J connectivity index is 1.94. The Bertz CT molecular complexity index is 540. The van der Waals surface area contributed by atoms with Crippen LogP contribution in [-0.4, -0.2) is 52.9 Å². The van der Waals surface area contributed by atoms with E-state index in [0.717, 1.165) is 37.6 Å². The van der Waals surface area contributed by atoms with E-state index in [2.05, 4.69) is 33.0 Å². The molecule has 0 saturated carbocycles. The van der Waals surface area contributed by atoms with E-state index >= 15 is 0 Å². The summed E-state index contributed by atoms with van der Waals surface area (Å²) in [6, 6.07) is 6.14. The van der Waals surface area contributed by atoms with Crippen molar-refractivity contribution in [1.29, 1.82) is 0 Å². The molecule has 0 bridgehead atoms. The second kappa shape index (κ2) is 5.01. The number of likely N-dealkylation sites (N-methyl/N-ethyl adjacent to an activating group) is 1. The Morgan fingerprint density at radius 3 is 2.63 bits per heavy atom. The zero-order chi connectivity index (χ0) is 13.2. The maximum absolute atomic E-state index is 4.60. The number of pyridine rings is 1. The molecular weight excluding hydrogens is 238 g/mol. The van der Waals surface area contributed by atoms with Gasteiger partial charge in [0.05, 0.1) is 17.6 Å². The van der Waals surface area contributed by atoms with Crippen LogP contribution in [-0.2, 0) is 0 Å². The van der Waals surface area contributed by atoms with Gasteiger partial charge in [-0.2, -0.15) is 5.10 Å². The number of piperazine rings is 1. The molecule has 0 aromatic carbocycles. The standard InChI is InChI=1S/C14H19N5/c1-12-10-14(18-8-6-17(2)7-9-18)19(16-12)13-4-3-5-15-11-13/h3-5,10-11H,6-9H2,1-2H3. The van der Waals surface area contributed by atoms with Gasteiger partial charge in [0.15, 0.2) is 0 Å². The highest BCUT2D eigenvalue weighted by Gasteiger charge is 2.19. The van der Waals surface area contributed by atoms with Crippen molar-refractivity contribution in [2.45, 2.75) is 6.92 Å². The first kappa shape index (κ1) is 12.2. The summed E-state index contributed by atoms with van der Waals surface area (Å²) < 4.78 is 1.99. The average molecular weight is 257 g/mol. The summed E-state index contributed by atoms with van der Waals surface area (Å²) in [7, 11) is 2.17. The largest absolute Gasteiger partial charge is 0.354 e. The van der Waals surface area contributed by atoms with Gasteiger partial charge in [0.1, 0.15) is 5.82 Å². The molecule has 5 nitrogen and oxygen atoms in total. The minimum Gasteiger partial charge on any atom is -0.354 e. The number of anilines is 1.